The first-order valence-corrected chi connectivity index (χ1v) is 9.26. The highest BCUT2D eigenvalue weighted by Crippen LogP contribution is 2.27. The number of sulfonamides is 1. The summed E-state index contributed by atoms with van der Waals surface area (Å²) in [4.78, 5) is 2.32. The Kier molecular flexibility index (Phi) is 4.75. The number of likely N-dealkylation sites (tertiary alicyclic amines) is 1. The number of nitrogens with zero attached hydrogens (tertiary/aromatic N) is 2. The fraction of sp³-hybridized carbons (Fsp3) is 0.786. The molecule has 6 nitrogen and oxygen atoms in total. The second-order valence-corrected chi connectivity index (χ2v) is 8.29. The van der Waals surface area contributed by atoms with Crippen LogP contribution in [0.3, 0.4) is 0 Å². The normalized spacial score (nSPS) is 24.1. The Morgan fingerprint density at radius 2 is 2.05 bits per heavy atom. The van der Waals surface area contributed by atoms with Crippen molar-refractivity contribution in [3.05, 3.63) is 17.0 Å². The highest BCUT2D eigenvalue weighted by molar-refractivity contribution is 7.88. The van der Waals surface area contributed by atoms with E-state index in [9.17, 15) is 8.42 Å². The Bertz CT molecular complexity index is 575. The van der Waals surface area contributed by atoms with Crippen LogP contribution in [-0.4, -0.2) is 48.9 Å². The number of aryl methyl sites for hydroxylation is 2. The van der Waals surface area contributed by atoms with E-state index in [2.05, 4.69) is 33.7 Å². The first-order valence-electron chi connectivity index (χ1n) is 7.37. The van der Waals surface area contributed by atoms with Gasteiger partial charge in [-0.1, -0.05) is 13.8 Å². The molecule has 1 saturated heterocycles. The fourth-order valence-corrected chi connectivity index (χ4v) is 3.95. The summed E-state index contributed by atoms with van der Waals surface area (Å²) in [5.41, 5.74) is 3.33. The Hall–Kier alpha value is -0.920. The molecule has 1 aromatic heterocycles. The molecule has 21 heavy (non-hydrogen) atoms. The third kappa shape index (κ3) is 4.05. The predicted octanol–water partition coefficient (Wildman–Crippen LogP) is 1.03. The molecule has 0 unspecified atom stereocenters. The first-order chi connectivity index (χ1) is 9.67. The fourth-order valence-electron chi connectivity index (χ4n) is 3.15. The molecule has 0 aliphatic carbocycles. The van der Waals surface area contributed by atoms with Gasteiger partial charge in [0.15, 0.2) is 0 Å². The number of nitrogens with one attached hydrogen (secondary N) is 2. The summed E-state index contributed by atoms with van der Waals surface area (Å²) in [5, 5.41) is 7.23. The summed E-state index contributed by atoms with van der Waals surface area (Å²) < 4.78 is 25.9. The highest BCUT2D eigenvalue weighted by Gasteiger charge is 2.36. The van der Waals surface area contributed by atoms with Crippen molar-refractivity contribution in [2.24, 2.45) is 11.8 Å². The van der Waals surface area contributed by atoms with Crippen molar-refractivity contribution >= 4 is 10.0 Å². The van der Waals surface area contributed by atoms with E-state index in [0.717, 1.165) is 31.0 Å². The molecule has 7 heteroatoms. The Morgan fingerprint density at radius 3 is 2.52 bits per heavy atom. The van der Waals surface area contributed by atoms with Crippen LogP contribution in [0, 0.1) is 25.7 Å². The van der Waals surface area contributed by atoms with Crippen LogP contribution in [0.25, 0.3) is 0 Å². The first kappa shape index (κ1) is 16.5. The van der Waals surface area contributed by atoms with Gasteiger partial charge in [-0.05, 0) is 25.7 Å². The summed E-state index contributed by atoms with van der Waals surface area (Å²) in [6, 6.07) is -0.00693. The highest BCUT2D eigenvalue weighted by atomic mass is 32.2. The zero-order chi connectivity index (χ0) is 15.8. The molecule has 2 atom stereocenters. The number of hydrogen-bond donors (Lipinski definition) is 2. The van der Waals surface area contributed by atoms with Crippen LogP contribution in [0.15, 0.2) is 0 Å². The van der Waals surface area contributed by atoms with Crippen molar-refractivity contribution in [3.8, 4) is 0 Å². The van der Waals surface area contributed by atoms with Crippen molar-refractivity contribution in [1.29, 1.82) is 0 Å². The number of aromatic nitrogens is 2. The smallest absolute Gasteiger partial charge is 0.209 e. The van der Waals surface area contributed by atoms with Gasteiger partial charge in [-0.3, -0.25) is 10.00 Å². The van der Waals surface area contributed by atoms with E-state index < -0.39 is 10.0 Å². The lowest BCUT2D eigenvalue weighted by atomic mass is 9.92. The van der Waals surface area contributed by atoms with Crippen LogP contribution in [0.5, 0.6) is 0 Å². The van der Waals surface area contributed by atoms with Gasteiger partial charge >= 0.3 is 0 Å². The van der Waals surface area contributed by atoms with Crippen molar-refractivity contribution in [1.82, 2.24) is 19.8 Å². The minimum Gasteiger partial charge on any atom is -0.297 e. The van der Waals surface area contributed by atoms with E-state index in [0.29, 0.717) is 11.8 Å². The monoisotopic (exact) mass is 314 g/mol. The molecule has 2 N–H and O–H groups in total. The summed E-state index contributed by atoms with van der Waals surface area (Å²) in [5.74, 6) is 0.785. The maximum Gasteiger partial charge on any atom is 0.209 e. The van der Waals surface area contributed by atoms with Crippen molar-refractivity contribution in [3.63, 3.8) is 0 Å². The van der Waals surface area contributed by atoms with Gasteiger partial charge < -0.3 is 0 Å². The van der Waals surface area contributed by atoms with Crippen molar-refractivity contribution in [2.45, 2.75) is 40.3 Å². The summed E-state index contributed by atoms with van der Waals surface area (Å²) in [6.07, 6.45) is 1.23. The van der Waals surface area contributed by atoms with Gasteiger partial charge in [0.05, 0.1) is 11.9 Å². The molecule has 0 bridgehead atoms. The van der Waals surface area contributed by atoms with Crippen molar-refractivity contribution < 1.29 is 8.42 Å². The van der Waals surface area contributed by atoms with Crippen LogP contribution < -0.4 is 4.72 Å². The molecule has 0 spiro atoms. The zero-order valence-electron chi connectivity index (χ0n) is 13.5. The van der Waals surface area contributed by atoms with Gasteiger partial charge in [-0.15, -0.1) is 0 Å². The molecule has 120 valence electrons. The summed E-state index contributed by atoms with van der Waals surface area (Å²) >= 11 is 0. The van der Waals surface area contributed by atoms with Gasteiger partial charge in [0, 0.05) is 36.9 Å². The van der Waals surface area contributed by atoms with Gasteiger partial charge in [0.2, 0.25) is 10.0 Å². The minimum absolute atomic E-state index is 0.00693. The third-order valence-electron chi connectivity index (χ3n) is 4.32. The number of H-pyrrole nitrogens is 1. The number of hydrogen-bond acceptors (Lipinski definition) is 4. The largest absolute Gasteiger partial charge is 0.297 e. The molecule has 1 fully saturated rings. The number of aromatic amines is 1. The lowest BCUT2D eigenvalue weighted by molar-refractivity contribution is 0.295. The van der Waals surface area contributed by atoms with Gasteiger partial charge in [0.25, 0.3) is 0 Å². The lowest BCUT2D eigenvalue weighted by Gasteiger charge is -2.21. The Labute approximate surface area is 127 Å². The molecule has 2 heterocycles. The molecule has 0 amide bonds. The van der Waals surface area contributed by atoms with Gasteiger partial charge in [0.1, 0.15) is 0 Å². The van der Waals surface area contributed by atoms with Crippen LogP contribution in [-0.2, 0) is 16.6 Å². The quantitative estimate of drug-likeness (QED) is 0.851. The molecule has 0 aromatic carbocycles. The maximum atomic E-state index is 11.5. The SMILES string of the molecule is Cc1n[nH]c(C)c1CN1C[C@H](NS(C)(=O)=O)[C@@H](C(C)C)C1. The predicted molar refractivity (Wildman–Crippen MR) is 83.4 cm³/mol. The van der Waals surface area contributed by atoms with Crippen LogP contribution in [0.4, 0.5) is 0 Å². The van der Waals surface area contributed by atoms with E-state index in [1.54, 1.807) is 0 Å². The van der Waals surface area contributed by atoms with Gasteiger partial charge in [-0.25, -0.2) is 13.1 Å². The van der Waals surface area contributed by atoms with E-state index in [-0.39, 0.29) is 6.04 Å². The minimum atomic E-state index is -3.17. The lowest BCUT2D eigenvalue weighted by Crippen LogP contribution is -2.41. The summed E-state index contributed by atoms with van der Waals surface area (Å²) in [6.45, 7) is 10.8. The average Bonchev–Trinajstić information content (AvgIpc) is 2.85. The molecular weight excluding hydrogens is 288 g/mol. The second-order valence-electron chi connectivity index (χ2n) is 6.51. The van der Waals surface area contributed by atoms with E-state index in [4.69, 9.17) is 0 Å². The van der Waals surface area contributed by atoms with E-state index in [1.807, 2.05) is 13.8 Å². The second kappa shape index (κ2) is 6.06. The third-order valence-corrected chi connectivity index (χ3v) is 5.06. The molecule has 1 aliphatic rings. The zero-order valence-corrected chi connectivity index (χ0v) is 14.3. The molecule has 0 radical (unpaired) electrons. The average molecular weight is 314 g/mol. The van der Waals surface area contributed by atoms with E-state index >= 15 is 0 Å². The molecule has 1 aromatic rings. The van der Waals surface area contributed by atoms with Crippen LogP contribution >= 0.6 is 0 Å². The Balaban J connectivity index is 2.10. The molecule has 2 rings (SSSR count). The molecular formula is C14H26N4O2S. The standard InChI is InChI=1S/C14H26N4O2S/c1-9(2)12-6-18(8-14(12)17-21(5,19)20)7-13-10(3)15-16-11(13)4/h9,12,14,17H,6-8H2,1-5H3,(H,15,16)/t12-,14+/m1/s1. The molecule has 0 saturated carbocycles. The Morgan fingerprint density at radius 1 is 1.38 bits per heavy atom. The summed E-state index contributed by atoms with van der Waals surface area (Å²) in [7, 11) is -3.17. The van der Waals surface area contributed by atoms with Crippen LogP contribution in [0.2, 0.25) is 0 Å². The number of rotatable bonds is 5. The topological polar surface area (TPSA) is 78.1 Å². The van der Waals surface area contributed by atoms with E-state index in [1.165, 1.54) is 11.8 Å². The maximum absolute atomic E-state index is 11.5. The van der Waals surface area contributed by atoms with Gasteiger partial charge in [-0.2, -0.15) is 5.10 Å². The van der Waals surface area contributed by atoms with Crippen LogP contribution in [0.1, 0.15) is 30.8 Å². The molecule has 1 aliphatic heterocycles. The van der Waals surface area contributed by atoms with Crippen molar-refractivity contribution in [2.75, 3.05) is 19.3 Å².